The van der Waals surface area contributed by atoms with Crippen LogP contribution in [0.4, 0.5) is 10.6 Å². The molecular weight excluding hydrogens is 360 g/mol. The normalized spacial score (nSPS) is 11.1. The van der Waals surface area contributed by atoms with Crippen LogP contribution in [0.25, 0.3) is 0 Å². The number of amides is 1. The van der Waals surface area contributed by atoms with E-state index in [1.165, 1.54) is 4.90 Å². The van der Waals surface area contributed by atoms with Gasteiger partial charge >= 0.3 is 6.09 Å². The lowest BCUT2D eigenvalue weighted by Crippen LogP contribution is -2.51. The van der Waals surface area contributed by atoms with Crippen molar-refractivity contribution in [3.05, 3.63) is 58.7 Å². The molecule has 0 bridgehead atoms. The molecule has 1 amide bonds. The Labute approximate surface area is 144 Å². The number of carbonyl (C=O) groups excluding carboxylic acids is 1. The number of ether oxygens (including phenoxy) is 1. The fraction of sp³-hybridized carbons (Fsp3) is 0.294. The average molecular weight is 379 g/mol. The van der Waals surface area contributed by atoms with E-state index in [4.69, 9.17) is 4.74 Å². The second kappa shape index (κ2) is 7.57. The molecule has 0 radical (unpaired) electrons. The van der Waals surface area contributed by atoms with Crippen LogP contribution in [0.1, 0.15) is 19.4 Å². The van der Waals surface area contributed by atoms with Gasteiger partial charge in [-0.1, -0.05) is 30.3 Å². The number of benzene rings is 1. The van der Waals surface area contributed by atoms with Gasteiger partial charge in [0.05, 0.1) is 12.1 Å². The fourth-order valence-corrected chi connectivity index (χ4v) is 2.24. The number of aliphatic hydroxyl groups is 1. The van der Waals surface area contributed by atoms with Gasteiger partial charge in [-0.3, -0.25) is 4.90 Å². The van der Waals surface area contributed by atoms with Crippen LogP contribution < -0.4 is 4.90 Å². The highest BCUT2D eigenvalue weighted by molar-refractivity contribution is 9.10. The predicted octanol–water partition coefficient (Wildman–Crippen LogP) is 3.76. The highest BCUT2D eigenvalue weighted by Crippen LogP contribution is 2.24. The molecule has 0 saturated heterocycles. The molecule has 0 spiro atoms. The zero-order valence-corrected chi connectivity index (χ0v) is 14.7. The lowest BCUT2D eigenvalue weighted by Gasteiger charge is -2.35. The molecule has 0 fully saturated rings. The standard InChI is InChI=1S/C17H19BrN2O3/c1-17(2,12-21)20(15-9-8-14(18)10-19-15)16(22)23-11-13-6-4-3-5-7-13/h3-10,21H,11-12H2,1-2H3. The molecule has 2 aromatic rings. The van der Waals surface area contributed by atoms with Gasteiger partial charge in [0.15, 0.2) is 0 Å². The van der Waals surface area contributed by atoms with Crippen molar-refractivity contribution >= 4 is 27.8 Å². The first-order valence-electron chi connectivity index (χ1n) is 7.17. The van der Waals surface area contributed by atoms with Gasteiger partial charge < -0.3 is 9.84 Å². The summed E-state index contributed by atoms with van der Waals surface area (Å²) in [5.74, 6) is 0.422. The third-order valence-electron chi connectivity index (χ3n) is 3.32. The van der Waals surface area contributed by atoms with Crippen molar-refractivity contribution in [1.82, 2.24) is 4.98 Å². The van der Waals surface area contributed by atoms with E-state index in [1.54, 1.807) is 32.2 Å². The second-order valence-electron chi connectivity index (χ2n) is 5.68. The lowest BCUT2D eigenvalue weighted by molar-refractivity contribution is 0.131. The summed E-state index contributed by atoms with van der Waals surface area (Å²) in [5.41, 5.74) is 0.0561. The highest BCUT2D eigenvalue weighted by Gasteiger charge is 2.34. The van der Waals surface area contributed by atoms with Crippen molar-refractivity contribution in [3.63, 3.8) is 0 Å². The van der Waals surface area contributed by atoms with Gasteiger partial charge in [0.1, 0.15) is 12.4 Å². The number of hydrogen-bond acceptors (Lipinski definition) is 4. The number of aliphatic hydroxyl groups excluding tert-OH is 1. The minimum absolute atomic E-state index is 0.161. The number of anilines is 1. The molecule has 0 atom stereocenters. The van der Waals surface area contributed by atoms with Crippen molar-refractivity contribution in [2.45, 2.75) is 26.0 Å². The van der Waals surface area contributed by atoms with E-state index in [0.29, 0.717) is 5.82 Å². The molecule has 6 heteroatoms. The van der Waals surface area contributed by atoms with Gasteiger partial charge in [0.2, 0.25) is 0 Å². The molecule has 0 aliphatic carbocycles. The molecule has 1 aromatic carbocycles. The summed E-state index contributed by atoms with van der Waals surface area (Å²) >= 11 is 3.31. The van der Waals surface area contributed by atoms with E-state index in [-0.39, 0.29) is 13.2 Å². The summed E-state index contributed by atoms with van der Waals surface area (Å²) in [5, 5.41) is 9.63. The van der Waals surface area contributed by atoms with Gasteiger partial charge in [-0.2, -0.15) is 0 Å². The van der Waals surface area contributed by atoms with Crippen LogP contribution in [-0.2, 0) is 11.3 Å². The first-order chi connectivity index (χ1) is 10.9. The zero-order valence-electron chi connectivity index (χ0n) is 13.1. The molecule has 1 N–H and O–H groups in total. The van der Waals surface area contributed by atoms with E-state index in [9.17, 15) is 9.90 Å². The molecule has 0 aliphatic heterocycles. The smallest absolute Gasteiger partial charge is 0.416 e. The molecule has 23 heavy (non-hydrogen) atoms. The number of carbonyl (C=O) groups is 1. The number of nitrogens with zero attached hydrogens (tertiary/aromatic N) is 2. The van der Waals surface area contributed by atoms with Gasteiger partial charge in [-0.15, -0.1) is 0 Å². The summed E-state index contributed by atoms with van der Waals surface area (Å²) in [6, 6.07) is 12.9. The zero-order chi connectivity index (χ0) is 16.9. The first kappa shape index (κ1) is 17.4. The minimum atomic E-state index is -0.839. The second-order valence-corrected chi connectivity index (χ2v) is 6.60. The monoisotopic (exact) mass is 378 g/mol. The lowest BCUT2D eigenvalue weighted by atomic mass is 10.1. The van der Waals surface area contributed by atoms with Gasteiger partial charge in [0, 0.05) is 10.7 Å². The number of pyridine rings is 1. The molecule has 5 nitrogen and oxygen atoms in total. The van der Waals surface area contributed by atoms with E-state index < -0.39 is 11.6 Å². The molecule has 2 rings (SSSR count). The summed E-state index contributed by atoms with van der Waals surface area (Å²) in [6.07, 6.45) is 1.04. The molecule has 0 unspecified atom stereocenters. The molecule has 1 aromatic heterocycles. The molecule has 0 saturated carbocycles. The number of hydrogen-bond donors (Lipinski definition) is 1. The maximum absolute atomic E-state index is 12.5. The van der Waals surface area contributed by atoms with Crippen LogP contribution in [-0.4, -0.2) is 28.3 Å². The quantitative estimate of drug-likeness (QED) is 0.860. The summed E-state index contributed by atoms with van der Waals surface area (Å²) in [6.45, 7) is 3.44. The van der Waals surface area contributed by atoms with E-state index in [0.717, 1.165) is 10.0 Å². The maximum Gasteiger partial charge on any atom is 0.416 e. The number of rotatable bonds is 5. The Hall–Kier alpha value is -1.92. The largest absolute Gasteiger partial charge is 0.444 e. The Bertz CT molecular complexity index is 645. The van der Waals surface area contributed by atoms with Gasteiger partial charge in [-0.25, -0.2) is 9.78 Å². The van der Waals surface area contributed by atoms with Crippen molar-refractivity contribution in [2.24, 2.45) is 0 Å². The van der Waals surface area contributed by atoms with Gasteiger partial charge in [-0.05, 0) is 47.5 Å². The first-order valence-corrected chi connectivity index (χ1v) is 7.96. The SMILES string of the molecule is CC(C)(CO)N(C(=O)OCc1ccccc1)c1ccc(Br)cn1. The van der Waals surface area contributed by atoms with Crippen molar-refractivity contribution < 1.29 is 14.6 Å². The highest BCUT2D eigenvalue weighted by atomic mass is 79.9. The van der Waals surface area contributed by atoms with Crippen molar-refractivity contribution in [1.29, 1.82) is 0 Å². The Kier molecular flexibility index (Phi) is 5.74. The Balaban J connectivity index is 2.19. The van der Waals surface area contributed by atoms with Crippen LogP contribution >= 0.6 is 15.9 Å². The van der Waals surface area contributed by atoms with Crippen LogP contribution in [0.3, 0.4) is 0 Å². The third kappa shape index (κ3) is 4.53. The molecule has 0 aliphatic rings. The third-order valence-corrected chi connectivity index (χ3v) is 3.79. The Morgan fingerprint density at radius 3 is 2.52 bits per heavy atom. The molecule has 1 heterocycles. The predicted molar refractivity (Wildman–Crippen MR) is 92.2 cm³/mol. The maximum atomic E-state index is 12.5. The molecule has 122 valence electrons. The van der Waals surface area contributed by atoms with Crippen LogP contribution in [0, 0.1) is 0 Å². The van der Waals surface area contributed by atoms with Crippen molar-refractivity contribution in [3.8, 4) is 0 Å². The summed E-state index contributed by atoms with van der Waals surface area (Å²) in [7, 11) is 0. The summed E-state index contributed by atoms with van der Waals surface area (Å²) < 4.78 is 6.19. The van der Waals surface area contributed by atoms with Crippen LogP contribution in [0.15, 0.2) is 53.1 Å². The van der Waals surface area contributed by atoms with E-state index in [2.05, 4.69) is 20.9 Å². The van der Waals surface area contributed by atoms with E-state index >= 15 is 0 Å². The number of halogens is 1. The van der Waals surface area contributed by atoms with Crippen LogP contribution in [0.5, 0.6) is 0 Å². The Morgan fingerprint density at radius 1 is 1.26 bits per heavy atom. The average Bonchev–Trinajstić information content (AvgIpc) is 2.56. The number of aromatic nitrogens is 1. The Morgan fingerprint density at radius 2 is 1.96 bits per heavy atom. The minimum Gasteiger partial charge on any atom is -0.444 e. The van der Waals surface area contributed by atoms with Crippen LogP contribution in [0.2, 0.25) is 0 Å². The van der Waals surface area contributed by atoms with Gasteiger partial charge in [0.25, 0.3) is 0 Å². The summed E-state index contributed by atoms with van der Waals surface area (Å²) in [4.78, 5) is 18.1. The fourth-order valence-electron chi connectivity index (χ4n) is 2.01. The molecular formula is C17H19BrN2O3. The topological polar surface area (TPSA) is 62.7 Å². The van der Waals surface area contributed by atoms with E-state index in [1.807, 2.05) is 30.3 Å². The van der Waals surface area contributed by atoms with Crippen molar-refractivity contribution in [2.75, 3.05) is 11.5 Å².